The van der Waals surface area contributed by atoms with E-state index in [9.17, 15) is 9.00 Å². The van der Waals surface area contributed by atoms with Crippen molar-refractivity contribution in [2.75, 3.05) is 18.8 Å². The number of aromatic nitrogens is 2. The summed E-state index contributed by atoms with van der Waals surface area (Å²) < 4.78 is 17.7. The Morgan fingerprint density at radius 3 is 2.73 bits per heavy atom. The average molecular weight is 325 g/mol. The second-order valence-electron chi connectivity index (χ2n) is 6.48. The number of piperidine rings is 1. The summed E-state index contributed by atoms with van der Waals surface area (Å²) in [6.45, 7) is 6.84. The van der Waals surface area contributed by atoms with Gasteiger partial charge in [0, 0.05) is 31.2 Å². The fourth-order valence-corrected chi connectivity index (χ4v) is 3.59. The standard InChI is InChI=1S/C15H23N3O3S/c1-15(2,3)21-14(19)18-9-4-6-12(10-18)11-22(20)13-16-7-5-8-17-13/h5,7-8,12H,4,6,9-11H2,1-3H3/t12-,22+/m0/s1. The molecule has 1 aromatic heterocycles. The molecule has 2 rings (SSSR count). The molecule has 2 heterocycles. The highest BCUT2D eigenvalue weighted by Crippen LogP contribution is 2.21. The van der Waals surface area contributed by atoms with Crippen LogP contribution < -0.4 is 0 Å². The van der Waals surface area contributed by atoms with Crippen LogP contribution in [0.1, 0.15) is 33.6 Å². The van der Waals surface area contributed by atoms with Gasteiger partial charge in [-0.05, 0) is 45.6 Å². The summed E-state index contributed by atoms with van der Waals surface area (Å²) in [5.41, 5.74) is -0.495. The highest BCUT2D eigenvalue weighted by Gasteiger charge is 2.28. The number of ether oxygens (including phenoxy) is 1. The fourth-order valence-electron chi connectivity index (χ4n) is 2.39. The van der Waals surface area contributed by atoms with Gasteiger partial charge in [-0.3, -0.25) is 4.21 Å². The highest BCUT2D eigenvalue weighted by atomic mass is 32.2. The van der Waals surface area contributed by atoms with Crippen molar-refractivity contribution in [3.8, 4) is 0 Å². The minimum Gasteiger partial charge on any atom is -0.444 e. The van der Waals surface area contributed by atoms with Crippen LogP contribution >= 0.6 is 0 Å². The van der Waals surface area contributed by atoms with Crippen molar-refractivity contribution >= 4 is 16.9 Å². The third-order valence-electron chi connectivity index (χ3n) is 3.30. The molecule has 122 valence electrons. The zero-order chi connectivity index (χ0) is 16.2. The molecule has 1 aliphatic rings. The smallest absolute Gasteiger partial charge is 0.410 e. The minimum absolute atomic E-state index is 0.186. The Hall–Kier alpha value is -1.50. The molecule has 2 atom stereocenters. The first-order valence-electron chi connectivity index (χ1n) is 7.48. The largest absolute Gasteiger partial charge is 0.444 e. The van der Waals surface area contributed by atoms with E-state index in [-0.39, 0.29) is 12.0 Å². The number of rotatable bonds is 3. The van der Waals surface area contributed by atoms with Crippen molar-refractivity contribution in [2.45, 2.75) is 44.4 Å². The van der Waals surface area contributed by atoms with Gasteiger partial charge in [0.25, 0.3) is 0 Å². The van der Waals surface area contributed by atoms with E-state index in [0.29, 0.717) is 24.0 Å². The molecule has 0 radical (unpaired) electrons. The maximum Gasteiger partial charge on any atom is 0.410 e. The van der Waals surface area contributed by atoms with Gasteiger partial charge in [0.15, 0.2) is 0 Å². The number of likely N-dealkylation sites (tertiary alicyclic amines) is 1. The molecule has 6 nitrogen and oxygen atoms in total. The quantitative estimate of drug-likeness (QED) is 0.797. The zero-order valence-corrected chi connectivity index (χ0v) is 14.1. The topological polar surface area (TPSA) is 72.4 Å². The molecule has 0 aromatic carbocycles. The minimum atomic E-state index is -1.23. The molecule has 1 saturated heterocycles. The Bertz CT molecular complexity index is 531. The lowest BCUT2D eigenvalue weighted by Crippen LogP contribution is -2.44. The van der Waals surface area contributed by atoms with Crippen LogP contribution in [0.5, 0.6) is 0 Å². The normalized spacial score (nSPS) is 20.5. The first-order valence-corrected chi connectivity index (χ1v) is 8.80. The molecule has 22 heavy (non-hydrogen) atoms. The predicted molar refractivity (Wildman–Crippen MR) is 83.8 cm³/mol. The van der Waals surface area contributed by atoms with E-state index in [2.05, 4.69) is 9.97 Å². The van der Waals surface area contributed by atoms with Gasteiger partial charge in [-0.25, -0.2) is 14.8 Å². The van der Waals surface area contributed by atoms with Gasteiger partial charge in [-0.2, -0.15) is 0 Å². The monoisotopic (exact) mass is 325 g/mol. The van der Waals surface area contributed by atoms with Crippen LogP contribution in [-0.2, 0) is 15.5 Å². The average Bonchev–Trinajstić information content (AvgIpc) is 2.46. The lowest BCUT2D eigenvalue weighted by Gasteiger charge is -2.33. The van der Waals surface area contributed by atoms with Crippen molar-refractivity contribution in [3.05, 3.63) is 18.5 Å². The predicted octanol–water partition coefficient (Wildman–Crippen LogP) is 2.23. The van der Waals surface area contributed by atoms with Gasteiger partial charge in [-0.1, -0.05) is 0 Å². The molecule has 0 bridgehead atoms. The van der Waals surface area contributed by atoms with Gasteiger partial charge < -0.3 is 9.64 Å². The molecule has 0 unspecified atom stereocenters. The molecule has 0 saturated carbocycles. The number of hydrogen-bond donors (Lipinski definition) is 0. The van der Waals surface area contributed by atoms with E-state index < -0.39 is 16.4 Å². The Balaban J connectivity index is 1.91. The summed E-state index contributed by atoms with van der Waals surface area (Å²) >= 11 is 0. The molecular formula is C15H23N3O3S. The number of amides is 1. The molecule has 1 fully saturated rings. The lowest BCUT2D eigenvalue weighted by atomic mass is 10.0. The Morgan fingerprint density at radius 1 is 1.41 bits per heavy atom. The molecule has 1 aromatic rings. The summed E-state index contributed by atoms with van der Waals surface area (Å²) in [6.07, 6.45) is 4.75. The Labute approximate surface area is 133 Å². The van der Waals surface area contributed by atoms with Crippen LogP contribution in [0.15, 0.2) is 23.6 Å². The van der Waals surface area contributed by atoms with Crippen LogP contribution in [0, 0.1) is 5.92 Å². The molecule has 7 heteroatoms. The third kappa shape index (κ3) is 5.05. The van der Waals surface area contributed by atoms with Gasteiger partial charge in [0.1, 0.15) is 5.60 Å². The summed E-state index contributed by atoms with van der Waals surface area (Å²) in [7, 11) is -1.23. The first kappa shape index (κ1) is 16.9. The first-order chi connectivity index (χ1) is 10.3. The number of nitrogens with zero attached hydrogens (tertiary/aromatic N) is 3. The SMILES string of the molecule is CC(C)(C)OC(=O)N1CCC[C@H](C[S@@](=O)c2ncccn2)C1. The van der Waals surface area contributed by atoms with Crippen LogP contribution in [0.25, 0.3) is 0 Å². The van der Waals surface area contributed by atoms with Gasteiger partial charge in [0.2, 0.25) is 5.16 Å². The van der Waals surface area contributed by atoms with Crippen LogP contribution in [0.3, 0.4) is 0 Å². The van der Waals surface area contributed by atoms with Crippen molar-refractivity contribution < 1.29 is 13.7 Å². The van der Waals surface area contributed by atoms with Gasteiger partial charge in [-0.15, -0.1) is 0 Å². The summed E-state index contributed by atoms with van der Waals surface area (Å²) in [5.74, 6) is 0.662. The van der Waals surface area contributed by atoms with Crippen LogP contribution in [0.4, 0.5) is 4.79 Å². The molecule has 0 spiro atoms. The second-order valence-corrected chi connectivity index (χ2v) is 7.87. The Kier molecular flexibility index (Phi) is 5.50. The van der Waals surface area contributed by atoms with E-state index in [1.807, 2.05) is 20.8 Å². The third-order valence-corrected chi connectivity index (χ3v) is 4.70. The van der Waals surface area contributed by atoms with E-state index in [1.165, 1.54) is 0 Å². The van der Waals surface area contributed by atoms with E-state index in [0.717, 1.165) is 12.8 Å². The fraction of sp³-hybridized carbons (Fsp3) is 0.667. The molecule has 1 amide bonds. The number of carbonyl (C=O) groups excluding carboxylic acids is 1. The lowest BCUT2D eigenvalue weighted by molar-refractivity contribution is 0.0176. The molecule has 0 aliphatic carbocycles. The maximum atomic E-state index is 12.3. The van der Waals surface area contributed by atoms with E-state index in [4.69, 9.17) is 4.74 Å². The summed E-state index contributed by atoms with van der Waals surface area (Å²) in [4.78, 5) is 21.9. The zero-order valence-electron chi connectivity index (χ0n) is 13.3. The van der Waals surface area contributed by atoms with Crippen molar-refractivity contribution in [3.63, 3.8) is 0 Å². The van der Waals surface area contributed by atoms with Gasteiger partial charge in [0.05, 0.1) is 10.8 Å². The van der Waals surface area contributed by atoms with Crippen LogP contribution in [0.2, 0.25) is 0 Å². The van der Waals surface area contributed by atoms with E-state index >= 15 is 0 Å². The van der Waals surface area contributed by atoms with Crippen molar-refractivity contribution in [1.29, 1.82) is 0 Å². The summed E-state index contributed by atoms with van der Waals surface area (Å²) in [5, 5.41) is 0.358. The Morgan fingerprint density at radius 2 is 2.09 bits per heavy atom. The number of hydrogen-bond acceptors (Lipinski definition) is 5. The molecule has 0 N–H and O–H groups in total. The number of carbonyl (C=O) groups is 1. The highest BCUT2D eigenvalue weighted by molar-refractivity contribution is 7.84. The molecular weight excluding hydrogens is 302 g/mol. The van der Waals surface area contributed by atoms with E-state index in [1.54, 1.807) is 23.4 Å². The second kappa shape index (κ2) is 7.17. The summed E-state index contributed by atoms with van der Waals surface area (Å²) in [6, 6.07) is 1.70. The molecule has 1 aliphatic heterocycles. The maximum absolute atomic E-state index is 12.3. The van der Waals surface area contributed by atoms with Crippen molar-refractivity contribution in [2.24, 2.45) is 5.92 Å². The van der Waals surface area contributed by atoms with Crippen molar-refractivity contribution in [1.82, 2.24) is 14.9 Å². The van der Waals surface area contributed by atoms with Gasteiger partial charge >= 0.3 is 6.09 Å². The van der Waals surface area contributed by atoms with Crippen LogP contribution in [-0.4, -0.2) is 49.6 Å².